The van der Waals surface area contributed by atoms with Gasteiger partial charge in [0.15, 0.2) is 0 Å². The van der Waals surface area contributed by atoms with E-state index in [2.05, 4.69) is 15.3 Å². The Labute approximate surface area is 116 Å². The van der Waals surface area contributed by atoms with Gasteiger partial charge in [0.2, 0.25) is 5.88 Å². The van der Waals surface area contributed by atoms with E-state index in [1.807, 2.05) is 0 Å². The van der Waals surface area contributed by atoms with Gasteiger partial charge in [-0.1, -0.05) is 0 Å². The molecule has 0 unspecified atom stereocenters. The van der Waals surface area contributed by atoms with Crippen LogP contribution in [0.2, 0.25) is 0 Å². The Morgan fingerprint density at radius 3 is 2.75 bits per heavy atom. The van der Waals surface area contributed by atoms with Crippen molar-refractivity contribution in [1.29, 1.82) is 0 Å². The Morgan fingerprint density at radius 2 is 2.00 bits per heavy atom. The average Bonchev–Trinajstić information content (AvgIpc) is 2.49. The SMILES string of the molecule is COCCOc1ncccc1C(=O)Nc1ccncc1. The topological polar surface area (TPSA) is 73.3 Å². The van der Waals surface area contributed by atoms with Gasteiger partial charge in [0, 0.05) is 31.4 Å². The minimum absolute atomic E-state index is 0.281. The van der Waals surface area contributed by atoms with Crippen LogP contribution in [0, 0.1) is 0 Å². The number of carbonyl (C=O) groups excluding carboxylic acids is 1. The van der Waals surface area contributed by atoms with Gasteiger partial charge >= 0.3 is 0 Å². The van der Waals surface area contributed by atoms with Crippen LogP contribution in [0.4, 0.5) is 5.69 Å². The summed E-state index contributed by atoms with van der Waals surface area (Å²) < 4.78 is 10.3. The minimum Gasteiger partial charge on any atom is -0.475 e. The number of hydrogen-bond donors (Lipinski definition) is 1. The normalized spacial score (nSPS) is 10.1. The van der Waals surface area contributed by atoms with Crippen LogP contribution in [0.25, 0.3) is 0 Å². The lowest BCUT2D eigenvalue weighted by Crippen LogP contribution is -2.15. The van der Waals surface area contributed by atoms with Crippen molar-refractivity contribution in [1.82, 2.24) is 9.97 Å². The molecule has 6 nitrogen and oxygen atoms in total. The van der Waals surface area contributed by atoms with Crippen LogP contribution in [0.1, 0.15) is 10.4 Å². The highest BCUT2D eigenvalue weighted by Gasteiger charge is 2.13. The summed E-state index contributed by atoms with van der Waals surface area (Å²) in [6, 6.07) is 6.76. The highest BCUT2D eigenvalue weighted by Crippen LogP contribution is 2.16. The summed E-state index contributed by atoms with van der Waals surface area (Å²) in [4.78, 5) is 20.1. The zero-order valence-corrected chi connectivity index (χ0v) is 11.1. The van der Waals surface area contributed by atoms with Gasteiger partial charge in [-0.15, -0.1) is 0 Å². The molecule has 2 aromatic rings. The quantitative estimate of drug-likeness (QED) is 0.812. The number of methoxy groups -OCH3 is 1. The molecule has 0 aliphatic heterocycles. The molecular weight excluding hydrogens is 258 g/mol. The molecule has 2 rings (SSSR count). The molecular formula is C14H15N3O3. The molecule has 20 heavy (non-hydrogen) atoms. The van der Waals surface area contributed by atoms with Crippen LogP contribution in [-0.2, 0) is 4.74 Å². The first-order valence-electron chi connectivity index (χ1n) is 6.09. The molecule has 0 saturated carbocycles. The molecule has 0 aliphatic rings. The van der Waals surface area contributed by atoms with Crippen LogP contribution in [0.15, 0.2) is 42.9 Å². The Hall–Kier alpha value is -2.47. The van der Waals surface area contributed by atoms with E-state index in [0.29, 0.717) is 24.5 Å². The number of anilines is 1. The maximum atomic E-state index is 12.2. The monoisotopic (exact) mass is 273 g/mol. The fourth-order valence-electron chi connectivity index (χ4n) is 1.53. The second kappa shape index (κ2) is 7.20. The summed E-state index contributed by atoms with van der Waals surface area (Å²) in [5.41, 5.74) is 1.04. The van der Waals surface area contributed by atoms with Crippen LogP contribution < -0.4 is 10.1 Å². The average molecular weight is 273 g/mol. The third-order valence-corrected chi connectivity index (χ3v) is 2.48. The van der Waals surface area contributed by atoms with E-state index in [1.54, 1.807) is 50.0 Å². The first-order valence-corrected chi connectivity index (χ1v) is 6.09. The van der Waals surface area contributed by atoms with E-state index >= 15 is 0 Å². The Morgan fingerprint density at radius 1 is 1.20 bits per heavy atom. The van der Waals surface area contributed by atoms with Crippen LogP contribution in [-0.4, -0.2) is 36.2 Å². The first kappa shape index (κ1) is 14.0. The maximum absolute atomic E-state index is 12.2. The zero-order chi connectivity index (χ0) is 14.2. The van der Waals surface area contributed by atoms with Gasteiger partial charge in [0.25, 0.3) is 5.91 Å². The number of nitrogens with one attached hydrogen (secondary N) is 1. The number of nitrogens with zero attached hydrogens (tertiary/aromatic N) is 2. The Kier molecular flexibility index (Phi) is 5.02. The van der Waals surface area contributed by atoms with E-state index in [0.717, 1.165) is 0 Å². The standard InChI is InChI=1S/C14H15N3O3/c1-19-9-10-20-14-12(3-2-6-16-14)13(18)17-11-4-7-15-8-5-11/h2-8H,9-10H2,1H3,(H,15,17,18). The molecule has 1 N–H and O–H groups in total. The minimum atomic E-state index is -0.281. The van der Waals surface area contributed by atoms with E-state index in [4.69, 9.17) is 9.47 Å². The molecule has 0 aromatic carbocycles. The molecule has 2 heterocycles. The lowest BCUT2D eigenvalue weighted by Gasteiger charge is -2.10. The predicted octanol–water partition coefficient (Wildman–Crippen LogP) is 1.75. The largest absolute Gasteiger partial charge is 0.475 e. The van der Waals surface area contributed by atoms with Gasteiger partial charge in [0.05, 0.1) is 6.61 Å². The molecule has 0 bridgehead atoms. The number of carbonyl (C=O) groups is 1. The van der Waals surface area contributed by atoms with Crippen molar-refractivity contribution in [2.75, 3.05) is 25.6 Å². The van der Waals surface area contributed by atoms with Crippen molar-refractivity contribution in [3.63, 3.8) is 0 Å². The van der Waals surface area contributed by atoms with E-state index in [9.17, 15) is 4.79 Å². The van der Waals surface area contributed by atoms with Gasteiger partial charge in [-0.25, -0.2) is 4.98 Å². The second-order valence-corrected chi connectivity index (χ2v) is 3.89. The molecule has 2 aromatic heterocycles. The molecule has 0 spiro atoms. The number of hydrogen-bond acceptors (Lipinski definition) is 5. The maximum Gasteiger partial charge on any atom is 0.261 e. The molecule has 0 aliphatic carbocycles. The van der Waals surface area contributed by atoms with Crippen molar-refractivity contribution in [2.24, 2.45) is 0 Å². The van der Waals surface area contributed by atoms with Crippen molar-refractivity contribution >= 4 is 11.6 Å². The van der Waals surface area contributed by atoms with Gasteiger partial charge in [-0.2, -0.15) is 0 Å². The summed E-state index contributed by atoms with van der Waals surface area (Å²) >= 11 is 0. The number of amides is 1. The van der Waals surface area contributed by atoms with E-state index < -0.39 is 0 Å². The summed E-state index contributed by atoms with van der Waals surface area (Å²) in [6.45, 7) is 0.769. The fraction of sp³-hybridized carbons (Fsp3) is 0.214. The zero-order valence-electron chi connectivity index (χ0n) is 11.1. The highest BCUT2D eigenvalue weighted by molar-refractivity contribution is 6.05. The van der Waals surface area contributed by atoms with Gasteiger partial charge < -0.3 is 14.8 Å². The Balaban J connectivity index is 2.09. The lowest BCUT2D eigenvalue weighted by molar-refractivity contribution is 0.101. The highest BCUT2D eigenvalue weighted by atomic mass is 16.5. The van der Waals surface area contributed by atoms with Crippen molar-refractivity contribution < 1.29 is 14.3 Å². The summed E-state index contributed by atoms with van der Waals surface area (Å²) in [5, 5.41) is 2.76. The van der Waals surface area contributed by atoms with Gasteiger partial charge in [-0.3, -0.25) is 9.78 Å². The third-order valence-electron chi connectivity index (χ3n) is 2.48. The fourth-order valence-corrected chi connectivity index (χ4v) is 1.53. The molecule has 0 saturated heterocycles. The van der Waals surface area contributed by atoms with Crippen molar-refractivity contribution in [2.45, 2.75) is 0 Å². The number of rotatable bonds is 6. The Bertz CT molecular complexity index is 561. The first-order chi connectivity index (χ1) is 9.81. The number of pyridine rings is 2. The van der Waals surface area contributed by atoms with Crippen LogP contribution in [0.3, 0.4) is 0 Å². The number of ether oxygens (including phenoxy) is 2. The van der Waals surface area contributed by atoms with Crippen molar-refractivity contribution in [3.05, 3.63) is 48.4 Å². The van der Waals surface area contributed by atoms with E-state index in [1.165, 1.54) is 0 Å². The summed E-state index contributed by atoms with van der Waals surface area (Å²) in [6.07, 6.45) is 4.79. The molecule has 0 fully saturated rings. The smallest absolute Gasteiger partial charge is 0.261 e. The molecule has 1 amide bonds. The predicted molar refractivity (Wildman–Crippen MR) is 73.8 cm³/mol. The van der Waals surface area contributed by atoms with Crippen LogP contribution >= 0.6 is 0 Å². The molecule has 0 atom stereocenters. The molecule has 6 heteroatoms. The third kappa shape index (κ3) is 3.76. The lowest BCUT2D eigenvalue weighted by atomic mass is 10.2. The summed E-state index contributed by atoms with van der Waals surface area (Å²) in [7, 11) is 1.58. The number of aromatic nitrogens is 2. The van der Waals surface area contributed by atoms with Gasteiger partial charge in [0.1, 0.15) is 12.2 Å². The second-order valence-electron chi connectivity index (χ2n) is 3.89. The van der Waals surface area contributed by atoms with Crippen LogP contribution in [0.5, 0.6) is 5.88 Å². The van der Waals surface area contributed by atoms with Crippen molar-refractivity contribution in [3.8, 4) is 5.88 Å². The molecule has 104 valence electrons. The summed E-state index contributed by atoms with van der Waals surface area (Å²) in [5.74, 6) is 0.00724. The van der Waals surface area contributed by atoms with Gasteiger partial charge in [-0.05, 0) is 24.3 Å². The van der Waals surface area contributed by atoms with E-state index in [-0.39, 0.29) is 11.8 Å². The molecule has 0 radical (unpaired) electrons.